The molecule has 3 heteroatoms. The average molecular weight is 275 g/mol. The molecule has 1 aromatic rings. The monoisotopic (exact) mass is 275 g/mol. The average Bonchev–Trinajstić information content (AvgIpc) is 3.16. The number of aromatic nitrogens is 2. The van der Waals surface area contributed by atoms with Gasteiger partial charge in [-0.3, -0.25) is 0 Å². The third-order valence-corrected chi connectivity index (χ3v) is 5.36. The summed E-state index contributed by atoms with van der Waals surface area (Å²) in [6.07, 6.45) is 17.8. The first-order valence-corrected chi connectivity index (χ1v) is 8.68. The van der Waals surface area contributed by atoms with Gasteiger partial charge in [-0.25, -0.2) is 4.98 Å². The summed E-state index contributed by atoms with van der Waals surface area (Å²) in [4.78, 5) is 4.60. The first-order chi connectivity index (χ1) is 9.88. The lowest BCUT2D eigenvalue weighted by Gasteiger charge is -2.31. The minimum atomic E-state index is 0.609. The Labute approximate surface area is 123 Å². The van der Waals surface area contributed by atoms with Crippen LogP contribution in [0.25, 0.3) is 0 Å². The molecular weight excluding hydrogens is 246 g/mol. The van der Waals surface area contributed by atoms with E-state index >= 15 is 0 Å². The second kappa shape index (κ2) is 6.64. The van der Waals surface area contributed by atoms with Gasteiger partial charge in [0.1, 0.15) is 0 Å². The summed E-state index contributed by atoms with van der Waals surface area (Å²) in [5, 5.41) is 3.78. The van der Waals surface area contributed by atoms with Crippen LogP contribution in [-0.2, 0) is 0 Å². The molecule has 3 nitrogen and oxygen atoms in total. The van der Waals surface area contributed by atoms with E-state index in [0.717, 1.165) is 11.9 Å². The Kier molecular flexibility index (Phi) is 4.64. The van der Waals surface area contributed by atoms with E-state index in [4.69, 9.17) is 0 Å². The lowest BCUT2D eigenvalue weighted by Crippen LogP contribution is -2.31. The highest BCUT2D eigenvalue weighted by molar-refractivity contribution is 5.29. The number of anilines is 1. The van der Waals surface area contributed by atoms with Gasteiger partial charge in [0.2, 0.25) is 5.95 Å². The second-order valence-corrected chi connectivity index (χ2v) is 6.65. The third kappa shape index (κ3) is 3.02. The van der Waals surface area contributed by atoms with Gasteiger partial charge in [-0.05, 0) is 38.0 Å². The quantitative estimate of drug-likeness (QED) is 0.839. The van der Waals surface area contributed by atoms with Crippen LogP contribution in [0.15, 0.2) is 12.4 Å². The molecule has 2 fully saturated rings. The predicted molar refractivity (Wildman–Crippen MR) is 84.0 cm³/mol. The van der Waals surface area contributed by atoms with Gasteiger partial charge < -0.3 is 9.88 Å². The third-order valence-electron chi connectivity index (χ3n) is 5.36. The number of nitrogens with zero attached hydrogens (tertiary/aromatic N) is 2. The highest BCUT2D eigenvalue weighted by Gasteiger charge is 2.25. The van der Waals surface area contributed by atoms with Crippen LogP contribution in [0.2, 0.25) is 0 Å². The van der Waals surface area contributed by atoms with Crippen LogP contribution in [0.1, 0.15) is 77.2 Å². The van der Waals surface area contributed by atoms with Crippen molar-refractivity contribution in [3.8, 4) is 0 Å². The van der Waals surface area contributed by atoms with Crippen molar-refractivity contribution in [1.29, 1.82) is 0 Å². The van der Waals surface area contributed by atoms with Gasteiger partial charge in [0, 0.05) is 24.5 Å². The molecule has 2 saturated carbocycles. The minimum Gasteiger partial charge on any atom is -0.353 e. The Hall–Kier alpha value is -0.990. The lowest BCUT2D eigenvalue weighted by molar-refractivity contribution is 0.311. The van der Waals surface area contributed by atoms with E-state index in [2.05, 4.69) is 28.0 Å². The van der Waals surface area contributed by atoms with Crippen LogP contribution in [0.4, 0.5) is 5.95 Å². The number of hydrogen-bond acceptors (Lipinski definition) is 2. The maximum atomic E-state index is 4.60. The lowest BCUT2D eigenvalue weighted by atomic mass is 9.83. The molecule has 0 spiro atoms. The normalized spacial score (nSPS) is 23.1. The minimum absolute atomic E-state index is 0.609. The van der Waals surface area contributed by atoms with Crippen LogP contribution in [0.3, 0.4) is 0 Å². The van der Waals surface area contributed by atoms with Crippen LogP contribution >= 0.6 is 0 Å². The summed E-state index contributed by atoms with van der Waals surface area (Å²) < 4.78 is 2.40. The number of hydrogen-bond donors (Lipinski definition) is 1. The Morgan fingerprint density at radius 3 is 2.55 bits per heavy atom. The van der Waals surface area contributed by atoms with E-state index in [0.29, 0.717) is 12.1 Å². The molecule has 0 aliphatic heterocycles. The highest BCUT2D eigenvalue weighted by atomic mass is 15.2. The van der Waals surface area contributed by atoms with E-state index in [1.807, 2.05) is 6.20 Å². The summed E-state index contributed by atoms with van der Waals surface area (Å²) in [6.45, 7) is 2.31. The van der Waals surface area contributed by atoms with Crippen LogP contribution in [-0.4, -0.2) is 15.6 Å². The van der Waals surface area contributed by atoms with Crippen molar-refractivity contribution in [2.45, 2.75) is 83.2 Å². The van der Waals surface area contributed by atoms with Gasteiger partial charge in [0.25, 0.3) is 0 Å². The number of rotatable bonds is 5. The van der Waals surface area contributed by atoms with Crippen LogP contribution in [0.5, 0.6) is 0 Å². The topological polar surface area (TPSA) is 29.9 Å². The largest absolute Gasteiger partial charge is 0.353 e. The molecule has 112 valence electrons. The molecule has 3 rings (SSSR count). The molecule has 0 amide bonds. The molecule has 0 aromatic carbocycles. The fourth-order valence-electron chi connectivity index (χ4n) is 4.16. The zero-order valence-corrected chi connectivity index (χ0v) is 12.9. The molecule has 0 radical (unpaired) electrons. The fourth-order valence-corrected chi connectivity index (χ4v) is 4.16. The first-order valence-electron chi connectivity index (χ1n) is 8.68. The summed E-state index contributed by atoms with van der Waals surface area (Å²) in [7, 11) is 0. The van der Waals surface area contributed by atoms with Gasteiger partial charge in [-0.2, -0.15) is 0 Å². The van der Waals surface area contributed by atoms with Crippen molar-refractivity contribution in [2.24, 2.45) is 5.92 Å². The Balaban J connectivity index is 1.67. The predicted octanol–water partition coefficient (Wildman–Crippen LogP) is 4.77. The SMILES string of the molecule is CCC(Nc1nccn1C1CCCC1)C1CCCCC1. The molecule has 2 aliphatic rings. The van der Waals surface area contributed by atoms with E-state index in [9.17, 15) is 0 Å². The second-order valence-electron chi connectivity index (χ2n) is 6.65. The Morgan fingerprint density at radius 2 is 1.85 bits per heavy atom. The molecule has 1 atom stereocenters. The standard InChI is InChI=1S/C17H29N3/c1-2-16(14-8-4-3-5-9-14)19-17-18-12-13-20(17)15-10-6-7-11-15/h12-16H,2-11H2,1H3,(H,18,19). The van der Waals surface area contributed by atoms with Crippen molar-refractivity contribution >= 4 is 5.95 Å². The zero-order valence-electron chi connectivity index (χ0n) is 12.9. The smallest absolute Gasteiger partial charge is 0.203 e. The number of nitrogens with one attached hydrogen (secondary N) is 1. The van der Waals surface area contributed by atoms with Crippen molar-refractivity contribution in [1.82, 2.24) is 9.55 Å². The van der Waals surface area contributed by atoms with Crippen molar-refractivity contribution in [3.05, 3.63) is 12.4 Å². The molecular formula is C17H29N3. The summed E-state index contributed by atoms with van der Waals surface area (Å²) in [5.74, 6) is 1.97. The van der Waals surface area contributed by atoms with E-state index in [-0.39, 0.29) is 0 Å². The summed E-state index contributed by atoms with van der Waals surface area (Å²) in [5.41, 5.74) is 0. The molecule has 1 unspecified atom stereocenters. The van der Waals surface area contributed by atoms with E-state index < -0.39 is 0 Å². The van der Waals surface area contributed by atoms with Gasteiger partial charge >= 0.3 is 0 Å². The molecule has 0 bridgehead atoms. The first kappa shape index (κ1) is 14.0. The molecule has 1 N–H and O–H groups in total. The van der Waals surface area contributed by atoms with Crippen LogP contribution in [0, 0.1) is 5.92 Å². The van der Waals surface area contributed by atoms with Gasteiger partial charge in [0.15, 0.2) is 0 Å². The molecule has 1 heterocycles. The van der Waals surface area contributed by atoms with Gasteiger partial charge in [0.05, 0.1) is 0 Å². The maximum absolute atomic E-state index is 4.60. The molecule has 2 aliphatic carbocycles. The van der Waals surface area contributed by atoms with Crippen molar-refractivity contribution in [2.75, 3.05) is 5.32 Å². The summed E-state index contributed by atoms with van der Waals surface area (Å²) in [6, 6.07) is 1.29. The van der Waals surface area contributed by atoms with Gasteiger partial charge in [-0.15, -0.1) is 0 Å². The molecule has 0 saturated heterocycles. The molecule has 20 heavy (non-hydrogen) atoms. The van der Waals surface area contributed by atoms with Crippen molar-refractivity contribution < 1.29 is 0 Å². The van der Waals surface area contributed by atoms with E-state index in [1.165, 1.54) is 64.2 Å². The van der Waals surface area contributed by atoms with Crippen LogP contribution < -0.4 is 5.32 Å². The fraction of sp³-hybridized carbons (Fsp3) is 0.824. The zero-order chi connectivity index (χ0) is 13.8. The molecule has 1 aromatic heterocycles. The maximum Gasteiger partial charge on any atom is 0.203 e. The van der Waals surface area contributed by atoms with Crippen molar-refractivity contribution in [3.63, 3.8) is 0 Å². The number of imidazole rings is 1. The van der Waals surface area contributed by atoms with Gasteiger partial charge in [-0.1, -0.05) is 39.0 Å². The Bertz CT molecular complexity index is 400. The van der Waals surface area contributed by atoms with E-state index in [1.54, 1.807) is 0 Å². The Morgan fingerprint density at radius 1 is 1.15 bits per heavy atom. The summed E-state index contributed by atoms with van der Waals surface area (Å²) >= 11 is 0. The highest BCUT2D eigenvalue weighted by Crippen LogP contribution is 2.33.